The molecule has 2 aromatic heterocycles. The van der Waals surface area contributed by atoms with Gasteiger partial charge in [0.15, 0.2) is 12.5 Å². The molecule has 25 heavy (non-hydrogen) atoms. The average Bonchev–Trinajstić information content (AvgIpc) is 3.23. The van der Waals surface area contributed by atoms with Crippen LogP contribution in [0.1, 0.15) is 6.23 Å². The molecule has 3 heterocycles. The van der Waals surface area contributed by atoms with Crippen molar-refractivity contribution >= 4 is 23.7 Å². The largest absolute Gasteiger partial charge is 0.399 e. The fraction of sp³-hybridized carbons (Fsp3) is 0.250. The van der Waals surface area contributed by atoms with E-state index in [1.807, 2.05) is 12.1 Å². The van der Waals surface area contributed by atoms with Crippen LogP contribution in [0.3, 0.4) is 0 Å². The zero-order chi connectivity index (χ0) is 16.7. The molecular formula is C16H17ClN4O4. The molecule has 2 atom stereocenters. The zero-order valence-electron chi connectivity index (χ0n) is 13.1. The first kappa shape index (κ1) is 17.4. The van der Waals surface area contributed by atoms with Gasteiger partial charge in [-0.05, 0) is 18.2 Å². The van der Waals surface area contributed by atoms with Crippen molar-refractivity contribution in [2.45, 2.75) is 12.5 Å². The summed E-state index contributed by atoms with van der Waals surface area (Å²) in [5.41, 5.74) is 8.18. The van der Waals surface area contributed by atoms with Crippen LogP contribution in [0.15, 0.2) is 47.5 Å². The van der Waals surface area contributed by atoms with Crippen LogP contribution in [0, 0.1) is 0 Å². The number of anilines is 1. The maximum Gasteiger partial charge on any atom is 0.336 e. The third kappa shape index (κ3) is 3.12. The second kappa shape index (κ2) is 6.85. The number of imidazole rings is 1. The van der Waals surface area contributed by atoms with Crippen LogP contribution in [0.4, 0.5) is 5.69 Å². The predicted octanol–water partition coefficient (Wildman–Crippen LogP) is 1.03. The van der Waals surface area contributed by atoms with Crippen LogP contribution in [-0.2, 0) is 9.47 Å². The Morgan fingerprint density at radius 1 is 1.28 bits per heavy atom. The molecule has 1 aliphatic rings. The maximum absolute atomic E-state index is 12.7. The Morgan fingerprint density at radius 2 is 2.04 bits per heavy atom. The highest BCUT2D eigenvalue weighted by Crippen LogP contribution is 2.21. The van der Waals surface area contributed by atoms with Gasteiger partial charge in [0.2, 0.25) is 0 Å². The Bertz CT molecular complexity index is 937. The van der Waals surface area contributed by atoms with Crippen molar-refractivity contribution in [1.82, 2.24) is 14.0 Å². The van der Waals surface area contributed by atoms with Crippen LogP contribution in [0.2, 0.25) is 0 Å². The van der Waals surface area contributed by atoms with Crippen molar-refractivity contribution in [3.05, 3.63) is 53.2 Å². The van der Waals surface area contributed by atoms with E-state index >= 15 is 0 Å². The van der Waals surface area contributed by atoms with E-state index < -0.39 is 12.5 Å². The van der Waals surface area contributed by atoms with Gasteiger partial charge in [0.1, 0.15) is 5.65 Å². The molecule has 0 bridgehead atoms. The number of hydrogen-bond acceptors (Lipinski definition) is 6. The summed E-state index contributed by atoms with van der Waals surface area (Å²) < 4.78 is 13.6. The van der Waals surface area contributed by atoms with Gasteiger partial charge in [-0.1, -0.05) is 12.1 Å². The topological polar surface area (TPSA) is 104 Å². The second-order valence-corrected chi connectivity index (χ2v) is 5.52. The third-order valence-electron chi connectivity index (χ3n) is 3.94. The fourth-order valence-corrected chi connectivity index (χ4v) is 2.70. The summed E-state index contributed by atoms with van der Waals surface area (Å²) in [6.07, 6.45) is 2.02. The number of rotatable bonds is 3. The molecular weight excluding hydrogens is 348 g/mol. The van der Waals surface area contributed by atoms with E-state index in [1.165, 1.54) is 8.97 Å². The molecule has 3 aromatic rings. The highest BCUT2D eigenvalue weighted by molar-refractivity contribution is 5.85. The van der Waals surface area contributed by atoms with E-state index in [-0.39, 0.29) is 31.3 Å². The lowest BCUT2D eigenvalue weighted by molar-refractivity contribution is -0.0993. The number of nitrogens with zero attached hydrogens (tertiary/aromatic N) is 3. The van der Waals surface area contributed by atoms with E-state index in [0.717, 1.165) is 5.56 Å². The lowest BCUT2D eigenvalue weighted by Gasteiger charge is -2.12. The summed E-state index contributed by atoms with van der Waals surface area (Å²) in [5.74, 6) is 0. The number of nitrogen functional groups attached to an aromatic ring is 1. The molecule has 4 rings (SSSR count). The lowest BCUT2D eigenvalue weighted by Crippen LogP contribution is -2.30. The molecule has 8 nitrogen and oxygen atoms in total. The van der Waals surface area contributed by atoms with E-state index in [2.05, 4.69) is 4.98 Å². The van der Waals surface area contributed by atoms with Crippen molar-refractivity contribution in [2.24, 2.45) is 0 Å². The molecule has 0 saturated carbocycles. The first-order chi connectivity index (χ1) is 11.7. The van der Waals surface area contributed by atoms with Crippen molar-refractivity contribution in [1.29, 1.82) is 0 Å². The number of aromatic nitrogens is 3. The summed E-state index contributed by atoms with van der Waals surface area (Å²) >= 11 is 0. The first-order valence-corrected chi connectivity index (χ1v) is 7.50. The minimum atomic E-state index is -0.703. The number of hydrogen-bond donors (Lipinski definition) is 2. The molecule has 0 unspecified atom stereocenters. The standard InChI is InChI=1S/C16H16N4O4.ClH/c17-11-3-1-10(2-4-11)12-7-20-13(18-12)5-6-19(16(20)22)14-9-23-15(8-21)24-14;/h1-7,14-15,21H,8-9,17H2;1H/t14-,15-;/m0./s1. The number of nitrogens with two attached hydrogens (primary N) is 1. The molecule has 1 fully saturated rings. The van der Waals surface area contributed by atoms with Crippen LogP contribution in [-0.4, -0.2) is 38.6 Å². The van der Waals surface area contributed by atoms with Crippen molar-refractivity contribution in [2.75, 3.05) is 18.9 Å². The number of halogens is 1. The van der Waals surface area contributed by atoms with Crippen molar-refractivity contribution < 1.29 is 14.6 Å². The van der Waals surface area contributed by atoms with Gasteiger partial charge in [0.05, 0.1) is 18.9 Å². The van der Waals surface area contributed by atoms with Crippen molar-refractivity contribution in [3.8, 4) is 11.3 Å². The average molecular weight is 365 g/mol. The Morgan fingerprint density at radius 3 is 2.72 bits per heavy atom. The molecule has 9 heteroatoms. The van der Waals surface area contributed by atoms with E-state index in [0.29, 0.717) is 17.0 Å². The smallest absolute Gasteiger partial charge is 0.336 e. The molecule has 1 aromatic carbocycles. The van der Waals surface area contributed by atoms with Crippen LogP contribution in [0.5, 0.6) is 0 Å². The quantitative estimate of drug-likeness (QED) is 0.673. The minimum Gasteiger partial charge on any atom is -0.399 e. The number of ether oxygens (including phenoxy) is 2. The molecule has 1 saturated heterocycles. The monoisotopic (exact) mass is 364 g/mol. The number of fused-ring (bicyclic) bond motifs is 1. The Hall–Kier alpha value is -2.39. The summed E-state index contributed by atoms with van der Waals surface area (Å²) in [7, 11) is 0. The molecule has 3 N–H and O–H groups in total. The highest BCUT2D eigenvalue weighted by atomic mass is 35.5. The SMILES string of the molecule is Cl.Nc1ccc(-c2cn3c(=O)n([C@@H]4CO[C@H](CO)O4)ccc3n2)cc1. The molecule has 0 spiro atoms. The number of benzene rings is 1. The predicted molar refractivity (Wildman–Crippen MR) is 93.5 cm³/mol. The van der Waals surface area contributed by atoms with Crippen LogP contribution < -0.4 is 11.4 Å². The summed E-state index contributed by atoms with van der Waals surface area (Å²) in [5, 5.41) is 9.06. The van der Waals surface area contributed by atoms with Gasteiger partial charge in [-0.2, -0.15) is 0 Å². The van der Waals surface area contributed by atoms with Gasteiger partial charge in [0, 0.05) is 23.6 Å². The molecule has 1 aliphatic heterocycles. The first-order valence-electron chi connectivity index (χ1n) is 7.50. The molecule has 0 radical (unpaired) electrons. The van der Waals surface area contributed by atoms with Crippen molar-refractivity contribution in [3.63, 3.8) is 0 Å². The Kier molecular flexibility index (Phi) is 4.78. The van der Waals surface area contributed by atoms with Gasteiger partial charge >= 0.3 is 5.69 Å². The normalized spacial score (nSPS) is 19.9. The summed E-state index contributed by atoms with van der Waals surface area (Å²) in [6.45, 7) is -0.0456. The molecule has 0 aliphatic carbocycles. The molecule has 0 amide bonds. The van der Waals surface area contributed by atoms with Gasteiger partial charge in [-0.3, -0.25) is 8.97 Å². The molecule has 132 valence electrons. The third-order valence-corrected chi connectivity index (χ3v) is 3.94. The summed E-state index contributed by atoms with van der Waals surface area (Å²) in [6, 6.07) is 9.02. The lowest BCUT2D eigenvalue weighted by atomic mass is 10.1. The van der Waals surface area contributed by atoms with Gasteiger partial charge in [0.25, 0.3) is 0 Å². The number of aliphatic hydroxyl groups is 1. The zero-order valence-corrected chi connectivity index (χ0v) is 13.9. The summed E-state index contributed by atoms with van der Waals surface area (Å²) in [4.78, 5) is 17.1. The highest BCUT2D eigenvalue weighted by Gasteiger charge is 2.27. The van der Waals surface area contributed by atoms with Gasteiger partial charge in [-0.15, -0.1) is 12.4 Å². The maximum atomic E-state index is 12.7. The van der Waals surface area contributed by atoms with Gasteiger partial charge < -0.3 is 20.3 Å². The van der Waals surface area contributed by atoms with Crippen LogP contribution >= 0.6 is 12.4 Å². The van der Waals surface area contributed by atoms with E-state index in [9.17, 15) is 4.79 Å². The minimum absolute atomic E-state index is 0. The Balaban J connectivity index is 0.00000182. The fourth-order valence-electron chi connectivity index (χ4n) is 2.70. The number of aliphatic hydroxyl groups excluding tert-OH is 1. The van der Waals surface area contributed by atoms with E-state index in [1.54, 1.807) is 30.6 Å². The Labute approximate surface area is 148 Å². The van der Waals surface area contributed by atoms with Gasteiger partial charge in [-0.25, -0.2) is 9.78 Å². The van der Waals surface area contributed by atoms with Crippen LogP contribution in [0.25, 0.3) is 16.9 Å². The van der Waals surface area contributed by atoms with E-state index in [4.69, 9.17) is 20.3 Å². The second-order valence-electron chi connectivity index (χ2n) is 5.52.